The molecule has 0 saturated carbocycles. The Bertz CT molecular complexity index is 493. The number of benzene rings is 1. The highest BCUT2D eigenvalue weighted by Crippen LogP contribution is 2.34. The average molecular weight is 309 g/mol. The number of halogens is 1. The molecule has 0 N–H and O–H groups in total. The topological polar surface area (TPSA) is 30.9 Å². The summed E-state index contributed by atoms with van der Waals surface area (Å²) in [4.78, 5) is 2.06. The van der Waals surface area contributed by atoms with E-state index in [2.05, 4.69) is 11.8 Å². The van der Waals surface area contributed by atoms with Crippen LogP contribution in [0.1, 0.15) is 32.6 Å². The van der Waals surface area contributed by atoms with Crippen molar-refractivity contribution in [2.45, 2.75) is 38.4 Å². The van der Waals surface area contributed by atoms with Gasteiger partial charge in [0.1, 0.15) is 11.6 Å². The lowest BCUT2D eigenvalue weighted by Crippen LogP contribution is -2.45. The van der Waals surface area contributed by atoms with Crippen LogP contribution in [0.2, 0.25) is 0 Å². The molecule has 0 aliphatic carbocycles. The number of unbranched alkanes of at least 4 members (excludes halogenated alkanes) is 1. The third kappa shape index (κ3) is 3.36. The Morgan fingerprint density at radius 3 is 2.59 bits per heavy atom. The molecule has 0 aromatic heterocycles. The van der Waals surface area contributed by atoms with E-state index in [1.165, 1.54) is 6.07 Å². The van der Waals surface area contributed by atoms with Crippen LogP contribution in [0, 0.1) is 5.82 Å². The van der Waals surface area contributed by atoms with Crippen molar-refractivity contribution < 1.29 is 18.6 Å². The maximum Gasteiger partial charge on any atom is 0.171 e. The Labute approximate surface area is 131 Å². The Hall–Kier alpha value is -1.33. The predicted octanol–water partition coefficient (Wildman–Crippen LogP) is 3.35. The third-order valence-electron chi connectivity index (χ3n) is 4.37. The Morgan fingerprint density at radius 1 is 1.23 bits per heavy atom. The Morgan fingerprint density at radius 2 is 1.95 bits per heavy atom. The van der Waals surface area contributed by atoms with Gasteiger partial charge in [0.05, 0.1) is 25.5 Å². The molecule has 0 bridgehead atoms. The summed E-state index contributed by atoms with van der Waals surface area (Å²) < 4.78 is 31.3. The summed E-state index contributed by atoms with van der Waals surface area (Å²) in [6.07, 6.45) is 3.61. The van der Waals surface area contributed by atoms with Crippen molar-refractivity contribution in [3.63, 3.8) is 0 Å². The average Bonchev–Trinajstić information content (AvgIpc) is 2.97. The van der Waals surface area contributed by atoms with Crippen LogP contribution in [0.5, 0.6) is 5.75 Å². The maximum absolute atomic E-state index is 14.3. The second-order valence-electron chi connectivity index (χ2n) is 5.91. The van der Waals surface area contributed by atoms with Crippen LogP contribution in [0.15, 0.2) is 18.2 Å². The standard InChI is InChI=1S/C17H24FNO3/c1-2-3-10-20-14-4-5-16(15(18)13-14)19-8-6-17(7-9-19)21-11-12-22-17/h4-5,13H,2-3,6-12H2,1H3. The van der Waals surface area contributed by atoms with Crippen LogP contribution in [0.25, 0.3) is 0 Å². The molecule has 2 fully saturated rings. The summed E-state index contributed by atoms with van der Waals surface area (Å²) in [6, 6.07) is 5.14. The van der Waals surface area contributed by atoms with Gasteiger partial charge in [-0.15, -0.1) is 0 Å². The molecule has 0 radical (unpaired) electrons. The van der Waals surface area contributed by atoms with E-state index in [1.807, 2.05) is 12.1 Å². The van der Waals surface area contributed by atoms with Crippen LogP contribution >= 0.6 is 0 Å². The highest BCUT2D eigenvalue weighted by molar-refractivity contribution is 5.51. The van der Waals surface area contributed by atoms with E-state index >= 15 is 0 Å². The largest absolute Gasteiger partial charge is 0.493 e. The second-order valence-corrected chi connectivity index (χ2v) is 5.91. The molecule has 22 heavy (non-hydrogen) atoms. The van der Waals surface area contributed by atoms with Crippen LogP contribution in [0.4, 0.5) is 10.1 Å². The molecule has 1 spiro atoms. The van der Waals surface area contributed by atoms with Gasteiger partial charge in [-0.2, -0.15) is 0 Å². The third-order valence-corrected chi connectivity index (χ3v) is 4.37. The fraction of sp³-hybridized carbons (Fsp3) is 0.647. The Kier molecular flexibility index (Phi) is 4.84. The summed E-state index contributed by atoms with van der Waals surface area (Å²) in [5.74, 6) is -0.0419. The van der Waals surface area contributed by atoms with Crippen LogP contribution in [0.3, 0.4) is 0 Å². The molecule has 2 heterocycles. The quantitative estimate of drug-likeness (QED) is 0.781. The molecule has 2 saturated heterocycles. The lowest BCUT2D eigenvalue weighted by molar-refractivity contribution is -0.169. The number of hydrogen-bond donors (Lipinski definition) is 0. The summed E-state index contributed by atoms with van der Waals surface area (Å²) in [5, 5.41) is 0. The molecule has 1 aromatic rings. The van der Waals surface area contributed by atoms with Crippen molar-refractivity contribution in [1.82, 2.24) is 0 Å². The molecule has 4 nitrogen and oxygen atoms in total. The zero-order valence-corrected chi connectivity index (χ0v) is 13.1. The van der Waals surface area contributed by atoms with Crippen LogP contribution < -0.4 is 9.64 Å². The van der Waals surface area contributed by atoms with Gasteiger partial charge in [-0.25, -0.2) is 4.39 Å². The summed E-state index contributed by atoms with van der Waals surface area (Å²) in [7, 11) is 0. The van der Waals surface area contributed by atoms with Crippen molar-refractivity contribution in [2.75, 3.05) is 37.8 Å². The molecule has 0 unspecified atom stereocenters. The second kappa shape index (κ2) is 6.84. The molecule has 2 aliphatic heterocycles. The van der Waals surface area contributed by atoms with Gasteiger partial charge in [0.25, 0.3) is 0 Å². The number of hydrogen-bond acceptors (Lipinski definition) is 4. The summed E-state index contributed by atoms with van der Waals surface area (Å²) in [5.41, 5.74) is 0.635. The fourth-order valence-corrected chi connectivity index (χ4v) is 3.04. The first-order valence-electron chi connectivity index (χ1n) is 8.18. The predicted molar refractivity (Wildman–Crippen MR) is 82.9 cm³/mol. The molecule has 122 valence electrons. The van der Waals surface area contributed by atoms with E-state index in [-0.39, 0.29) is 5.82 Å². The first-order chi connectivity index (χ1) is 10.7. The van der Waals surface area contributed by atoms with Crippen LogP contribution in [-0.2, 0) is 9.47 Å². The summed E-state index contributed by atoms with van der Waals surface area (Å²) in [6.45, 7) is 5.56. The number of nitrogens with zero attached hydrogens (tertiary/aromatic N) is 1. The number of piperidine rings is 1. The van der Waals surface area contributed by atoms with Crippen molar-refractivity contribution in [3.05, 3.63) is 24.0 Å². The van der Waals surface area contributed by atoms with Gasteiger partial charge in [-0.05, 0) is 18.6 Å². The SMILES string of the molecule is CCCCOc1ccc(N2CCC3(CC2)OCCO3)c(F)c1. The van der Waals surface area contributed by atoms with E-state index in [0.717, 1.165) is 38.8 Å². The van der Waals surface area contributed by atoms with Gasteiger partial charge in [0.15, 0.2) is 5.79 Å². The highest BCUT2D eigenvalue weighted by atomic mass is 19.1. The lowest BCUT2D eigenvalue weighted by Gasteiger charge is -2.38. The smallest absolute Gasteiger partial charge is 0.171 e. The van der Waals surface area contributed by atoms with E-state index in [1.54, 1.807) is 0 Å². The number of anilines is 1. The molecule has 5 heteroatoms. The van der Waals surface area contributed by atoms with Crippen molar-refractivity contribution in [3.8, 4) is 5.75 Å². The minimum atomic E-state index is -0.420. The molecule has 0 amide bonds. The highest BCUT2D eigenvalue weighted by Gasteiger charge is 2.40. The minimum absolute atomic E-state index is 0.224. The van der Waals surface area contributed by atoms with Crippen molar-refractivity contribution in [2.24, 2.45) is 0 Å². The van der Waals surface area contributed by atoms with Crippen LogP contribution in [-0.4, -0.2) is 38.7 Å². The fourth-order valence-electron chi connectivity index (χ4n) is 3.04. The zero-order chi connectivity index (χ0) is 15.4. The minimum Gasteiger partial charge on any atom is -0.493 e. The number of rotatable bonds is 5. The molecular formula is C17H24FNO3. The Balaban J connectivity index is 1.60. The van der Waals surface area contributed by atoms with Gasteiger partial charge < -0.3 is 19.1 Å². The monoisotopic (exact) mass is 309 g/mol. The lowest BCUT2D eigenvalue weighted by atomic mass is 10.0. The van der Waals surface area contributed by atoms with E-state index < -0.39 is 5.79 Å². The normalized spacial score (nSPS) is 20.5. The maximum atomic E-state index is 14.3. The van der Waals surface area contributed by atoms with E-state index in [9.17, 15) is 4.39 Å². The first kappa shape index (κ1) is 15.6. The molecule has 2 aliphatic rings. The first-order valence-corrected chi connectivity index (χ1v) is 8.18. The van der Waals surface area contributed by atoms with E-state index in [4.69, 9.17) is 14.2 Å². The van der Waals surface area contributed by atoms with Crippen molar-refractivity contribution >= 4 is 5.69 Å². The molecular weight excluding hydrogens is 285 g/mol. The van der Waals surface area contributed by atoms with E-state index in [0.29, 0.717) is 31.3 Å². The molecule has 3 rings (SSSR count). The zero-order valence-electron chi connectivity index (χ0n) is 13.1. The van der Waals surface area contributed by atoms with Gasteiger partial charge in [-0.3, -0.25) is 0 Å². The van der Waals surface area contributed by atoms with Gasteiger partial charge in [0.2, 0.25) is 0 Å². The van der Waals surface area contributed by atoms with Gasteiger partial charge in [-0.1, -0.05) is 13.3 Å². The molecule has 1 aromatic carbocycles. The van der Waals surface area contributed by atoms with Crippen molar-refractivity contribution in [1.29, 1.82) is 0 Å². The van der Waals surface area contributed by atoms with Gasteiger partial charge in [0, 0.05) is 32.0 Å². The van der Waals surface area contributed by atoms with Gasteiger partial charge >= 0.3 is 0 Å². The summed E-state index contributed by atoms with van der Waals surface area (Å²) >= 11 is 0. The molecule has 0 atom stereocenters. The number of ether oxygens (including phenoxy) is 3.